The standard InChI is InChI=1S/C34H20S2/c1-5-13-25-21(9-1)22-10-2-6-14-26(22)33(25)31-19-17-29(35-31)30-18-20-32(36-30)34-27-15-7-3-11-23(27)24-12-4-8-16-28(24)34/h1-20H/b30-29-. The van der Waals surface area contributed by atoms with Crippen molar-refractivity contribution in [2.45, 2.75) is 0 Å². The highest BCUT2D eigenvalue weighted by molar-refractivity contribution is 7.11. The molecule has 2 heteroatoms. The third-order valence-electron chi connectivity index (χ3n) is 7.31. The molecule has 2 heterocycles. The Morgan fingerprint density at radius 1 is 0.250 bits per heavy atom. The third kappa shape index (κ3) is 2.86. The molecule has 168 valence electrons. The molecule has 0 unspecified atom stereocenters. The lowest BCUT2D eigenvalue weighted by atomic mass is 10.1. The lowest BCUT2D eigenvalue weighted by Crippen LogP contribution is -1.99. The van der Waals surface area contributed by atoms with E-state index in [-0.39, 0.29) is 0 Å². The van der Waals surface area contributed by atoms with Gasteiger partial charge in [0.25, 0.3) is 0 Å². The lowest BCUT2D eigenvalue weighted by Gasteiger charge is -2.00. The number of hydrogen-bond donors (Lipinski definition) is 0. The van der Waals surface area contributed by atoms with E-state index in [4.69, 9.17) is 0 Å². The number of thiophene rings is 2. The smallest absolute Gasteiger partial charge is 0.0449 e. The molecule has 8 rings (SSSR count). The van der Waals surface area contributed by atoms with Crippen molar-refractivity contribution in [2.24, 2.45) is 0 Å². The van der Waals surface area contributed by atoms with E-state index in [9.17, 15) is 0 Å². The van der Waals surface area contributed by atoms with Gasteiger partial charge in [-0.05, 0) is 68.8 Å². The molecule has 2 aliphatic rings. The van der Waals surface area contributed by atoms with E-state index < -0.39 is 0 Å². The first-order chi connectivity index (χ1) is 17.9. The first kappa shape index (κ1) is 20.2. The number of hydrogen-bond acceptors (Lipinski definition) is 2. The molecule has 36 heavy (non-hydrogen) atoms. The van der Waals surface area contributed by atoms with E-state index in [0.29, 0.717) is 0 Å². The van der Waals surface area contributed by atoms with E-state index in [2.05, 4.69) is 121 Å². The highest BCUT2D eigenvalue weighted by Gasteiger charge is 2.24. The van der Waals surface area contributed by atoms with Gasteiger partial charge in [-0.3, -0.25) is 0 Å². The van der Waals surface area contributed by atoms with Crippen molar-refractivity contribution in [3.8, 4) is 22.3 Å². The topological polar surface area (TPSA) is 0 Å². The summed E-state index contributed by atoms with van der Waals surface area (Å²) in [6.07, 6.45) is 0. The second-order valence-corrected chi connectivity index (χ2v) is 11.4. The largest absolute Gasteiger partial charge is 0.134 e. The zero-order valence-corrected chi connectivity index (χ0v) is 21.0. The van der Waals surface area contributed by atoms with Crippen molar-refractivity contribution in [3.05, 3.63) is 162 Å². The summed E-state index contributed by atoms with van der Waals surface area (Å²) >= 11 is 3.80. The Morgan fingerprint density at radius 3 is 0.806 bits per heavy atom. The lowest BCUT2D eigenvalue weighted by molar-refractivity contribution is 1.64. The van der Waals surface area contributed by atoms with Gasteiger partial charge in [0.15, 0.2) is 0 Å². The van der Waals surface area contributed by atoms with Gasteiger partial charge in [-0.25, -0.2) is 0 Å². The summed E-state index contributed by atoms with van der Waals surface area (Å²) in [4.78, 5) is 0. The minimum absolute atomic E-state index is 1.33. The van der Waals surface area contributed by atoms with Gasteiger partial charge in [0, 0.05) is 29.3 Å². The van der Waals surface area contributed by atoms with E-state index in [1.54, 1.807) is 0 Å². The first-order valence-corrected chi connectivity index (χ1v) is 13.8. The van der Waals surface area contributed by atoms with Crippen LogP contribution in [0.1, 0.15) is 22.3 Å². The molecular weight excluding hydrogens is 473 g/mol. The van der Waals surface area contributed by atoms with Gasteiger partial charge in [0.05, 0.1) is 0 Å². The molecule has 0 atom stereocenters. The van der Waals surface area contributed by atoms with E-state index >= 15 is 0 Å². The molecule has 0 nitrogen and oxygen atoms in total. The van der Waals surface area contributed by atoms with Crippen LogP contribution in [0.3, 0.4) is 0 Å². The molecule has 0 N–H and O–H groups in total. The molecule has 2 aromatic heterocycles. The molecule has 0 spiro atoms. The van der Waals surface area contributed by atoms with Crippen LogP contribution >= 0.6 is 22.7 Å². The average molecular weight is 493 g/mol. The van der Waals surface area contributed by atoms with Crippen LogP contribution in [-0.4, -0.2) is 0 Å². The highest BCUT2D eigenvalue weighted by Crippen LogP contribution is 2.43. The van der Waals surface area contributed by atoms with Gasteiger partial charge in [-0.2, -0.15) is 0 Å². The molecule has 0 amide bonds. The third-order valence-corrected chi connectivity index (χ3v) is 9.71. The number of fused-ring (bicyclic) bond motifs is 6. The predicted molar refractivity (Wildman–Crippen MR) is 153 cm³/mol. The van der Waals surface area contributed by atoms with Crippen LogP contribution in [0.25, 0.3) is 33.4 Å². The van der Waals surface area contributed by atoms with Crippen molar-refractivity contribution in [3.63, 3.8) is 0 Å². The summed E-state index contributed by atoms with van der Waals surface area (Å²) in [5.41, 5.74) is 13.4. The average Bonchev–Trinajstić information content (AvgIpc) is 3.71. The molecule has 0 radical (unpaired) electrons. The Balaban J connectivity index is 1.40. The summed E-state index contributed by atoms with van der Waals surface area (Å²) in [6, 6.07) is 44.4. The van der Waals surface area contributed by atoms with Crippen molar-refractivity contribution < 1.29 is 0 Å². The van der Waals surface area contributed by atoms with Crippen molar-refractivity contribution in [2.75, 3.05) is 0 Å². The Bertz CT molecular complexity index is 1810. The summed E-state index contributed by atoms with van der Waals surface area (Å²) in [7, 11) is 0. The van der Waals surface area contributed by atoms with E-state index in [1.165, 1.54) is 73.8 Å². The summed E-state index contributed by atoms with van der Waals surface area (Å²) < 4.78 is 5.33. The summed E-state index contributed by atoms with van der Waals surface area (Å²) in [5, 5.41) is 0. The van der Waals surface area contributed by atoms with Gasteiger partial charge in [-0.15, -0.1) is 22.7 Å². The molecule has 6 aromatic rings. The van der Waals surface area contributed by atoms with E-state index in [1.807, 2.05) is 22.7 Å². The summed E-state index contributed by atoms with van der Waals surface area (Å²) in [5.74, 6) is 0. The van der Waals surface area contributed by atoms with Gasteiger partial charge in [-0.1, -0.05) is 97.1 Å². The Hall–Kier alpha value is -3.98. The van der Waals surface area contributed by atoms with Crippen molar-refractivity contribution in [1.29, 1.82) is 0 Å². The molecule has 4 aromatic carbocycles. The minimum atomic E-state index is 1.33. The van der Waals surface area contributed by atoms with Crippen LogP contribution in [0.4, 0.5) is 0 Å². The Kier molecular flexibility index (Phi) is 4.36. The second kappa shape index (κ2) is 7.76. The molecule has 0 saturated carbocycles. The van der Waals surface area contributed by atoms with Gasteiger partial charge < -0.3 is 0 Å². The molecule has 0 fully saturated rings. The van der Waals surface area contributed by atoms with Crippen LogP contribution in [0.5, 0.6) is 0 Å². The fraction of sp³-hybridized carbons (Fsp3) is 0. The Labute approximate surface area is 217 Å². The number of benzene rings is 4. The normalized spacial score (nSPS) is 13.9. The summed E-state index contributed by atoms with van der Waals surface area (Å²) in [6.45, 7) is 0. The molecule has 0 saturated heterocycles. The SMILES string of the molecule is c1ccc2c(c1)C(=c1cc/c(=c3\ccc(=C4c5ccccc5-c5ccccc54)s3)s1)c1ccccc1-2. The fourth-order valence-electron chi connectivity index (χ4n) is 5.77. The van der Waals surface area contributed by atoms with Gasteiger partial charge in [0.1, 0.15) is 0 Å². The van der Waals surface area contributed by atoms with Crippen molar-refractivity contribution >= 4 is 33.8 Å². The van der Waals surface area contributed by atoms with E-state index in [0.717, 1.165) is 0 Å². The second-order valence-electron chi connectivity index (χ2n) is 9.26. The monoisotopic (exact) mass is 492 g/mol. The minimum Gasteiger partial charge on any atom is -0.134 e. The highest BCUT2D eigenvalue weighted by atomic mass is 32.1. The van der Waals surface area contributed by atoms with Crippen LogP contribution in [-0.2, 0) is 0 Å². The maximum atomic E-state index is 2.31. The maximum absolute atomic E-state index is 2.31. The van der Waals surface area contributed by atoms with Crippen LogP contribution in [0.15, 0.2) is 121 Å². The first-order valence-electron chi connectivity index (χ1n) is 12.2. The Morgan fingerprint density at radius 2 is 0.500 bits per heavy atom. The fourth-order valence-corrected chi connectivity index (χ4v) is 8.02. The van der Waals surface area contributed by atoms with Crippen molar-refractivity contribution in [1.82, 2.24) is 0 Å². The molecule has 0 aliphatic heterocycles. The zero-order valence-electron chi connectivity index (χ0n) is 19.4. The predicted octanol–water partition coefficient (Wildman–Crippen LogP) is 7.55. The van der Waals surface area contributed by atoms with Crippen LogP contribution < -0.4 is 9.06 Å². The van der Waals surface area contributed by atoms with Gasteiger partial charge in [0.2, 0.25) is 0 Å². The molecule has 2 aliphatic carbocycles. The number of rotatable bonds is 0. The zero-order chi connectivity index (χ0) is 23.6. The van der Waals surface area contributed by atoms with Crippen LogP contribution in [0.2, 0.25) is 0 Å². The van der Waals surface area contributed by atoms with Crippen LogP contribution in [0, 0.1) is 9.06 Å². The maximum Gasteiger partial charge on any atom is 0.0449 e. The van der Waals surface area contributed by atoms with Gasteiger partial charge >= 0.3 is 0 Å². The molecule has 0 bridgehead atoms. The molecular formula is C34H20S2. The quantitative estimate of drug-likeness (QED) is 0.205.